The largest absolute Gasteiger partial charge is 0.368 e. The number of nitrogen functional groups attached to an aromatic ring is 1. The summed E-state index contributed by atoms with van der Waals surface area (Å²) in [5.74, 6) is 0.990. The summed E-state index contributed by atoms with van der Waals surface area (Å²) < 4.78 is 0. The number of likely N-dealkylation sites (N-methyl/N-ethyl adjacent to an activating group) is 2. The first-order valence-electron chi connectivity index (χ1n) is 6.76. The lowest BCUT2D eigenvalue weighted by Gasteiger charge is -2.21. The minimum atomic E-state index is -0.0848. The fraction of sp³-hybridized carbons (Fsp3) is 0.667. The summed E-state index contributed by atoms with van der Waals surface area (Å²) in [5, 5.41) is 2.73. The van der Waals surface area contributed by atoms with Crippen molar-refractivity contribution in [3.8, 4) is 0 Å². The predicted octanol–water partition coefficient (Wildman–Crippen LogP) is -0.128. The molecule has 8 heteroatoms. The number of carbonyl (C=O) groups excluding carboxylic acids is 1. The fourth-order valence-corrected chi connectivity index (χ4v) is 1.73. The number of hydrogen-bond donors (Lipinski definition) is 2. The zero-order valence-corrected chi connectivity index (χ0v) is 12.6. The third-order valence-corrected chi connectivity index (χ3v) is 2.77. The number of amides is 1. The number of nitrogens with zero attached hydrogens (tertiary/aromatic N) is 5. The predicted molar refractivity (Wildman–Crippen MR) is 79.8 cm³/mol. The van der Waals surface area contributed by atoms with Crippen LogP contribution in [0.15, 0.2) is 0 Å². The molecule has 0 radical (unpaired) electrons. The molecule has 8 nitrogen and oxygen atoms in total. The summed E-state index contributed by atoms with van der Waals surface area (Å²) in [4.78, 5) is 27.8. The summed E-state index contributed by atoms with van der Waals surface area (Å²) in [6.07, 6.45) is 0. The van der Waals surface area contributed by atoms with Crippen molar-refractivity contribution in [2.75, 3.05) is 48.8 Å². The van der Waals surface area contributed by atoms with Crippen LogP contribution in [0.25, 0.3) is 0 Å². The second kappa shape index (κ2) is 7.46. The van der Waals surface area contributed by atoms with Crippen LogP contribution < -0.4 is 20.9 Å². The van der Waals surface area contributed by atoms with E-state index in [1.165, 1.54) is 0 Å². The van der Waals surface area contributed by atoms with E-state index in [1.807, 2.05) is 25.7 Å². The number of aromatic nitrogens is 3. The van der Waals surface area contributed by atoms with E-state index < -0.39 is 0 Å². The van der Waals surface area contributed by atoms with E-state index in [1.54, 1.807) is 11.9 Å². The Balaban J connectivity index is 2.91. The van der Waals surface area contributed by atoms with E-state index in [0.717, 1.165) is 13.1 Å². The number of nitrogens with two attached hydrogens (primary N) is 1. The Kier molecular flexibility index (Phi) is 5.95. The van der Waals surface area contributed by atoms with Gasteiger partial charge in [0.2, 0.25) is 23.8 Å². The van der Waals surface area contributed by atoms with Gasteiger partial charge in [-0.25, -0.2) is 0 Å². The molecule has 1 aromatic heterocycles. The van der Waals surface area contributed by atoms with Gasteiger partial charge >= 0.3 is 0 Å². The number of carbonyl (C=O) groups is 1. The number of hydrogen-bond acceptors (Lipinski definition) is 7. The molecule has 1 amide bonds. The molecule has 0 saturated carbocycles. The van der Waals surface area contributed by atoms with Crippen molar-refractivity contribution in [3.63, 3.8) is 0 Å². The lowest BCUT2D eigenvalue weighted by Crippen LogP contribution is -2.36. The molecule has 0 aliphatic carbocycles. The van der Waals surface area contributed by atoms with Crippen LogP contribution in [0.4, 0.5) is 17.8 Å². The summed E-state index contributed by atoms with van der Waals surface area (Å²) in [6, 6.07) is 0. The number of nitrogens with one attached hydrogen (secondary N) is 1. The highest BCUT2D eigenvalue weighted by Crippen LogP contribution is 2.13. The highest BCUT2D eigenvalue weighted by Gasteiger charge is 2.14. The monoisotopic (exact) mass is 281 g/mol. The van der Waals surface area contributed by atoms with Crippen molar-refractivity contribution >= 4 is 23.8 Å². The molecule has 0 unspecified atom stereocenters. The van der Waals surface area contributed by atoms with Crippen molar-refractivity contribution in [1.82, 2.24) is 20.3 Å². The van der Waals surface area contributed by atoms with Gasteiger partial charge in [-0.1, -0.05) is 0 Å². The van der Waals surface area contributed by atoms with Gasteiger partial charge in [-0.3, -0.25) is 4.79 Å². The topological polar surface area (TPSA) is 100 Å². The summed E-state index contributed by atoms with van der Waals surface area (Å²) >= 11 is 0. The first-order chi connectivity index (χ1) is 9.51. The van der Waals surface area contributed by atoms with Crippen molar-refractivity contribution in [3.05, 3.63) is 0 Å². The molecule has 1 heterocycles. The lowest BCUT2D eigenvalue weighted by molar-refractivity contribution is -0.119. The summed E-state index contributed by atoms with van der Waals surface area (Å²) in [6.45, 7) is 8.23. The maximum absolute atomic E-state index is 11.6. The maximum atomic E-state index is 11.6. The van der Waals surface area contributed by atoms with Crippen LogP contribution >= 0.6 is 0 Å². The van der Waals surface area contributed by atoms with E-state index in [9.17, 15) is 4.79 Å². The maximum Gasteiger partial charge on any atom is 0.239 e. The van der Waals surface area contributed by atoms with Gasteiger partial charge in [0.25, 0.3) is 0 Å². The summed E-state index contributed by atoms with van der Waals surface area (Å²) in [7, 11) is 1.75. The first-order valence-corrected chi connectivity index (χ1v) is 6.76. The average molecular weight is 281 g/mol. The molecule has 0 aromatic carbocycles. The van der Waals surface area contributed by atoms with Crippen LogP contribution in [0, 0.1) is 0 Å². The molecule has 1 aromatic rings. The average Bonchev–Trinajstić information content (AvgIpc) is 2.39. The molecule has 3 N–H and O–H groups in total. The van der Waals surface area contributed by atoms with Gasteiger partial charge in [0.15, 0.2) is 0 Å². The Morgan fingerprint density at radius 3 is 2.30 bits per heavy atom. The zero-order valence-electron chi connectivity index (χ0n) is 12.6. The van der Waals surface area contributed by atoms with Gasteiger partial charge in [0, 0.05) is 26.7 Å². The minimum Gasteiger partial charge on any atom is -0.368 e. The van der Waals surface area contributed by atoms with E-state index in [4.69, 9.17) is 5.73 Å². The Hall–Kier alpha value is -2.12. The van der Waals surface area contributed by atoms with Gasteiger partial charge in [0.05, 0.1) is 6.54 Å². The number of anilines is 3. The molecule has 0 aliphatic rings. The van der Waals surface area contributed by atoms with E-state index in [-0.39, 0.29) is 18.4 Å². The molecule has 0 bridgehead atoms. The molecule has 0 fully saturated rings. The van der Waals surface area contributed by atoms with Crippen molar-refractivity contribution in [2.45, 2.75) is 20.8 Å². The highest BCUT2D eigenvalue weighted by molar-refractivity contribution is 5.80. The molecule has 0 aliphatic heterocycles. The van der Waals surface area contributed by atoms with Crippen LogP contribution in [0.2, 0.25) is 0 Å². The third-order valence-electron chi connectivity index (χ3n) is 2.77. The van der Waals surface area contributed by atoms with Crippen LogP contribution in [0.1, 0.15) is 20.8 Å². The SMILES string of the molecule is CCNC(=O)CN(C)c1nc(N)nc(N(CC)CC)n1. The Bertz CT molecular complexity index is 447. The third kappa shape index (κ3) is 4.22. The Morgan fingerprint density at radius 2 is 1.75 bits per heavy atom. The first kappa shape index (κ1) is 15.9. The van der Waals surface area contributed by atoms with Gasteiger partial charge in [-0.15, -0.1) is 0 Å². The van der Waals surface area contributed by atoms with Crippen molar-refractivity contribution in [1.29, 1.82) is 0 Å². The molecule has 0 atom stereocenters. The zero-order chi connectivity index (χ0) is 15.1. The highest BCUT2D eigenvalue weighted by atomic mass is 16.2. The second-order valence-electron chi connectivity index (χ2n) is 4.28. The van der Waals surface area contributed by atoms with Crippen molar-refractivity contribution in [2.24, 2.45) is 0 Å². The van der Waals surface area contributed by atoms with E-state index in [0.29, 0.717) is 18.4 Å². The molecule has 112 valence electrons. The van der Waals surface area contributed by atoms with Gasteiger partial charge in [-0.2, -0.15) is 15.0 Å². The van der Waals surface area contributed by atoms with Crippen LogP contribution in [0.3, 0.4) is 0 Å². The lowest BCUT2D eigenvalue weighted by atomic mass is 10.5. The van der Waals surface area contributed by atoms with Gasteiger partial charge in [0.1, 0.15) is 0 Å². The van der Waals surface area contributed by atoms with Gasteiger partial charge < -0.3 is 20.9 Å². The van der Waals surface area contributed by atoms with Crippen LogP contribution in [-0.2, 0) is 4.79 Å². The molecule has 1 rings (SSSR count). The van der Waals surface area contributed by atoms with Crippen molar-refractivity contribution < 1.29 is 4.79 Å². The minimum absolute atomic E-state index is 0.0848. The Morgan fingerprint density at radius 1 is 1.15 bits per heavy atom. The fourth-order valence-electron chi connectivity index (χ4n) is 1.73. The standard InChI is InChI=1S/C12H23N7O/c1-5-14-9(20)8-18(4)11-15-10(13)16-12(17-11)19(6-2)7-3/h5-8H2,1-4H3,(H,14,20)(H2,13,15,16,17). The van der Waals surface area contributed by atoms with Gasteiger partial charge in [-0.05, 0) is 20.8 Å². The molecule has 0 saturated heterocycles. The Labute approximate surface area is 119 Å². The second-order valence-corrected chi connectivity index (χ2v) is 4.28. The molecular weight excluding hydrogens is 258 g/mol. The molecule has 20 heavy (non-hydrogen) atoms. The smallest absolute Gasteiger partial charge is 0.239 e. The van der Waals surface area contributed by atoms with E-state index >= 15 is 0 Å². The molecular formula is C12H23N7O. The quantitative estimate of drug-likeness (QED) is 0.718. The molecule has 0 spiro atoms. The van der Waals surface area contributed by atoms with E-state index in [2.05, 4.69) is 20.3 Å². The van der Waals surface area contributed by atoms with Crippen LogP contribution in [0.5, 0.6) is 0 Å². The number of rotatable bonds is 7. The normalized spacial score (nSPS) is 10.2. The van der Waals surface area contributed by atoms with Crippen LogP contribution in [-0.4, -0.2) is 54.1 Å². The summed E-state index contributed by atoms with van der Waals surface area (Å²) in [5.41, 5.74) is 5.72.